The van der Waals surface area contributed by atoms with Crippen molar-refractivity contribution in [2.45, 2.75) is 77.9 Å². The lowest BCUT2D eigenvalue weighted by Crippen LogP contribution is -2.41. The zero-order chi connectivity index (χ0) is 40.0. The Labute approximate surface area is 334 Å². The molecule has 0 N–H and O–H groups in total. The second-order valence-electron chi connectivity index (χ2n) is 15.4. The molecule has 0 bridgehead atoms. The van der Waals surface area contributed by atoms with E-state index in [4.69, 9.17) is 23.4 Å². The standard InChI is InChI=1S/C45H51NO8SSi/c1-8-51-44(49)37-22-23-40(47)46(37)28-33-15-14-32(26-38(33)50-5)42(48)41-36-21-20-35(53-29-30-12-10-9-11-13-30)27-39(36)55-43(41)31-16-18-34(19-17-31)52-24-25-54-56(6,7)45(2,3)4/h9-21,26-27,37H,8,22-25,28-29H2,1-7H3/t37-/m0/s1. The quantitative estimate of drug-likeness (QED) is 0.0422. The summed E-state index contributed by atoms with van der Waals surface area (Å²) in [5.41, 5.74) is 3.64. The molecular formula is C45H51NO8SSi. The molecule has 0 saturated carbocycles. The molecule has 2 heterocycles. The molecule has 1 amide bonds. The zero-order valence-electron chi connectivity index (χ0n) is 33.3. The van der Waals surface area contributed by atoms with Crippen molar-refractivity contribution in [1.82, 2.24) is 4.90 Å². The van der Waals surface area contributed by atoms with Gasteiger partial charge in [-0.15, -0.1) is 11.3 Å². The summed E-state index contributed by atoms with van der Waals surface area (Å²) in [5, 5.41) is 0.937. The summed E-state index contributed by atoms with van der Waals surface area (Å²) >= 11 is 1.53. The molecule has 0 unspecified atom stereocenters. The van der Waals surface area contributed by atoms with Crippen molar-refractivity contribution in [3.8, 4) is 27.7 Å². The summed E-state index contributed by atoms with van der Waals surface area (Å²) in [4.78, 5) is 42.5. The summed E-state index contributed by atoms with van der Waals surface area (Å²) in [5.74, 6) is 1.18. The number of ketones is 1. The molecule has 5 aromatic rings. The van der Waals surface area contributed by atoms with Gasteiger partial charge in [0.15, 0.2) is 14.1 Å². The summed E-state index contributed by atoms with van der Waals surface area (Å²) in [6.45, 7) is 14.7. The number of rotatable bonds is 16. The van der Waals surface area contributed by atoms with Crippen molar-refractivity contribution in [2.24, 2.45) is 0 Å². The highest BCUT2D eigenvalue weighted by Crippen LogP contribution is 2.42. The maximum Gasteiger partial charge on any atom is 0.328 e. The summed E-state index contributed by atoms with van der Waals surface area (Å²) < 4.78 is 30.4. The maximum atomic E-state index is 14.7. The molecule has 0 aliphatic carbocycles. The minimum Gasteiger partial charge on any atom is -0.496 e. The van der Waals surface area contributed by atoms with Crippen LogP contribution in [0.3, 0.4) is 0 Å². The van der Waals surface area contributed by atoms with E-state index in [0.717, 1.165) is 31.8 Å². The first-order valence-electron chi connectivity index (χ1n) is 19.1. The zero-order valence-corrected chi connectivity index (χ0v) is 35.1. The summed E-state index contributed by atoms with van der Waals surface area (Å²) in [7, 11) is -0.340. The lowest BCUT2D eigenvalue weighted by atomic mass is 9.96. The SMILES string of the molecule is CCOC(=O)[C@@H]1CCC(=O)N1Cc1ccc(C(=O)c2c(-c3ccc(OCCO[Si](C)(C)C(C)(C)C)cc3)sc3cc(OCc4ccccc4)ccc23)cc1OC. The minimum atomic E-state index is -1.88. The number of thiophene rings is 1. The van der Waals surface area contributed by atoms with E-state index in [0.29, 0.717) is 54.4 Å². The normalized spacial score (nSPS) is 14.6. The molecule has 4 aromatic carbocycles. The molecule has 11 heteroatoms. The number of fused-ring (bicyclic) bond motifs is 1. The third-order valence-corrected chi connectivity index (χ3v) is 16.4. The van der Waals surface area contributed by atoms with Gasteiger partial charge in [0.25, 0.3) is 0 Å². The van der Waals surface area contributed by atoms with Gasteiger partial charge in [-0.05, 0) is 91.1 Å². The van der Waals surface area contributed by atoms with Crippen molar-refractivity contribution in [1.29, 1.82) is 0 Å². The van der Waals surface area contributed by atoms with E-state index in [9.17, 15) is 14.4 Å². The summed E-state index contributed by atoms with van der Waals surface area (Å²) in [6, 6.07) is 28.3. The van der Waals surface area contributed by atoms with Crippen LogP contribution in [0.15, 0.2) is 91.0 Å². The third-order valence-electron chi connectivity index (χ3n) is 10.7. The number of benzene rings is 4. The highest BCUT2D eigenvalue weighted by Gasteiger charge is 2.38. The molecule has 9 nitrogen and oxygen atoms in total. The Morgan fingerprint density at radius 1 is 0.893 bits per heavy atom. The number of amides is 1. The average Bonchev–Trinajstić information content (AvgIpc) is 3.75. The fourth-order valence-electron chi connectivity index (χ4n) is 6.47. The van der Waals surface area contributed by atoms with Gasteiger partial charge < -0.3 is 28.3 Å². The number of methoxy groups -OCH3 is 1. The van der Waals surface area contributed by atoms with Crippen LogP contribution in [0.5, 0.6) is 17.2 Å². The second-order valence-corrected chi connectivity index (χ2v) is 21.3. The smallest absolute Gasteiger partial charge is 0.328 e. The number of esters is 1. The first-order chi connectivity index (χ1) is 26.8. The number of hydrogen-bond donors (Lipinski definition) is 0. The molecule has 1 aliphatic rings. The Morgan fingerprint density at radius 2 is 1.62 bits per heavy atom. The first kappa shape index (κ1) is 40.7. The Kier molecular flexibility index (Phi) is 12.7. The van der Waals surface area contributed by atoms with Crippen LogP contribution in [0, 0.1) is 0 Å². The van der Waals surface area contributed by atoms with Gasteiger partial charge in [-0.25, -0.2) is 4.79 Å². The fraction of sp³-hybridized carbons (Fsp3) is 0.356. The van der Waals surface area contributed by atoms with Crippen LogP contribution in [0.1, 0.15) is 67.6 Å². The molecule has 1 atom stereocenters. The van der Waals surface area contributed by atoms with E-state index in [1.54, 1.807) is 25.1 Å². The average molecular weight is 794 g/mol. The van der Waals surface area contributed by atoms with Crippen LogP contribution in [-0.4, -0.2) is 63.8 Å². The van der Waals surface area contributed by atoms with Gasteiger partial charge >= 0.3 is 5.97 Å². The minimum absolute atomic E-state index is 0.123. The molecule has 56 heavy (non-hydrogen) atoms. The highest BCUT2D eigenvalue weighted by atomic mass is 32.1. The second kappa shape index (κ2) is 17.4. The van der Waals surface area contributed by atoms with Crippen molar-refractivity contribution in [3.63, 3.8) is 0 Å². The molecule has 1 aliphatic heterocycles. The van der Waals surface area contributed by atoms with E-state index in [-0.39, 0.29) is 36.3 Å². The summed E-state index contributed by atoms with van der Waals surface area (Å²) in [6.07, 6.45) is 0.677. The molecule has 0 spiro atoms. The molecule has 294 valence electrons. The van der Waals surface area contributed by atoms with Crippen molar-refractivity contribution < 1.29 is 37.8 Å². The number of hydrogen-bond acceptors (Lipinski definition) is 9. The molecule has 6 rings (SSSR count). The molecular weight excluding hydrogens is 743 g/mol. The Hall–Kier alpha value is -4.97. The van der Waals surface area contributed by atoms with E-state index in [1.165, 1.54) is 23.3 Å². The fourth-order valence-corrected chi connectivity index (χ4v) is 8.73. The van der Waals surface area contributed by atoms with Crippen molar-refractivity contribution >= 4 is 47.4 Å². The van der Waals surface area contributed by atoms with Crippen LogP contribution in [0.25, 0.3) is 20.5 Å². The van der Waals surface area contributed by atoms with E-state index in [1.807, 2.05) is 72.8 Å². The van der Waals surface area contributed by atoms with Gasteiger partial charge in [0.1, 0.15) is 36.5 Å². The van der Waals surface area contributed by atoms with Crippen LogP contribution >= 0.6 is 11.3 Å². The lowest BCUT2D eigenvalue weighted by Gasteiger charge is -2.36. The molecule has 0 radical (unpaired) electrons. The van der Waals surface area contributed by atoms with Gasteiger partial charge in [-0.2, -0.15) is 0 Å². The first-order valence-corrected chi connectivity index (χ1v) is 22.8. The van der Waals surface area contributed by atoms with Gasteiger partial charge in [-0.3, -0.25) is 9.59 Å². The van der Waals surface area contributed by atoms with Crippen LogP contribution < -0.4 is 14.2 Å². The van der Waals surface area contributed by atoms with Crippen molar-refractivity contribution in [2.75, 3.05) is 26.9 Å². The Bertz CT molecular complexity index is 2170. The predicted molar refractivity (Wildman–Crippen MR) is 223 cm³/mol. The number of ether oxygens (including phenoxy) is 4. The van der Waals surface area contributed by atoms with E-state index >= 15 is 0 Å². The van der Waals surface area contributed by atoms with E-state index in [2.05, 4.69) is 33.9 Å². The number of carbonyl (C=O) groups excluding carboxylic acids is 3. The van der Waals surface area contributed by atoms with Gasteiger partial charge in [0, 0.05) is 38.1 Å². The number of carbonyl (C=O) groups is 3. The number of nitrogens with zero attached hydrogens (tertiary/aromatic N) is 1. The molecule has 1 fully saturated rings. The molecule has 1 saturated heterocycles. The van der Waals surface area contributed by atoms with Crippen molar-refractivity contribution in [3.05, 3.63) is 113 Å². The highest BCUT2D eigenvalue weighted by molar-refractivity contribution is 7.22. The van der Waals surface area contributed by atoms with E-state index < -0.39 is 20.3 Å². The Morgan fingerprint density at radius 3 is 2.32 bits per heavy atom. The molecule has 1 aromatic heterocycles. The van der Waals surface area contributed by atoms with Crippen LogP contribution in [-0.2, 0) is 31.9 Å². The lowest BCUT2D eigenvalue weighted by molar-refractivity contribution is -0.151. The predicted octanol–water partition coefficient (Wildman–Crippen LogP) is 9.84. The Balaban J connectivity index is 1.29. The largest absolute Gasteiger partial charge is 0.496 e. The van der Waals surface area contributed by atoms with Crippen LogP contribution in [0.2, 0.25) is 18.1 Å². The van der Waals surface area contributed by atoms with Gasteiger partial charge in [0.05, 0.1) is 26.9 Å². The van der Waals surface area contributed by atoms with Gasteiger partial charge in [0.2, 0.25) is 5.91 Å². The monoisotopic (exact) mass is 793 g/mol. The van der Waals surface area contributed by atoms with Gasteiger partial charge in [-0.1, -0.05) is 63.2 Å². The number of likely N-dealkylation sites (tertiary alicyclic amines) is 1. The van der Waals surface area contributed by atoms with Crippen LogP contribution in [0.4, 0.5) is 0 Å². The third kappa shape index (κ3) is 9.17. The maximum absolute atomic E-state index is 14.7. The topological polar surface area (TPSA) is 101 Å².